The van der Waals surface area contributed by atoms with Crippen LogP contribution in [0.1, 0.15) is 0 Å². The van der Waals surface area contributed by atoms with Gasteiger partial charge in [-0.1, -0.05) is 0 Å². The molecule has 7 heavy (non-hydrogen) atoms. The molecule has 0 amide bonds. The van der Waals surface area contributed by atoms with E-state index in [2.05, 4.69) is 20.0 Å². The summed E-state index contributed by atoms with van der Waals surface area (Å²) < 4.78 is 0. The van der Waals surface area contributed by atoms with Crippen LogP contribution in [0.5, 0.6) is 0 Å². The monoisotopic (exact) mass is 139 g/mol. The second kappa shape index (κ2) is 2.89. The number of halogens is 1. The minimum absolute atomic E-state index is 0.548. The Kier molecular flexibility index (Phi) is 3.19. The van der Waals surface area contributed by atoms with Gasteiger partial charge in [0.1, 0.15) is 0 Å². The van der Waals surface area contributed by atoms with Crippen LogP contribution >= 0.6 is 18.9 Å². The van der Waals surface area contributed by atoms with Gasteiger partial charge in [-0.05, 0) is 0 Å². The predicted molar refractivity (Wildman–Crippen MR) is 40.3 cm³/mol. The average Bonchev–Trinajstić information content (AvgIpc) is 1.30. The van der Waals surface area contributed by atoms with Gasteiger partial charge in [-0.3, -0.25) is 0 Å². The van der Waals surface area contributed by atoms with Crippen molar-refractivity contribution in [2.75, 3.05) is 32.0 Å². The molecular weight excluding hydrogens is 126 g/mol. The van der Waals surface area contributed by atoms with Crippen molar-refractivity contribution >= 4 is 18.9 Å². The molecule has 0 aliphatic carbocycles. The van der Waals surface area contributed by atoms with Crippen molar-refractivity contribution in [3.05, 3.63) is 0 Å². The van der Waals surface area contributed by atoms with Crippen LogP contribution in [0.15, 0.2) is 0 Å². The summed E-state index contributed by atoms with van der Waals surface area (Å²) in [5, 5.41) is 0. The molecule has 0 aliphatic rings. The molecule has 0 rings (SSSR count). The summed E-state index contributed by atoms with van der Waals surface area (Å²) >= 11 is 5.51. The minimum Gasteiger partial charge on any atom is -0.123 e. The summed E-state index contributed by atoms with van der Waals surface area (Å²) in [7, 11) is -0.548. The smallest absolute Gasteiger partial charge is 0.0721 e. The maximum absolute atomic E-state index is 5.51. The molecule has 0 nitrogen and oxygen atoms in total. The zero-order valence-corrected chi connectivity index (χ0v) is 6.89. The van der Waals surface area contributed by atoms with Crippen LogP contribution in [0.2, 0.25) is 0 Å². The van der Waals surface area contributed by atoms with Crippen LogP contribution in [-0.4, -0.2) is 32.0 Å². The van der Waals surface area contributed by atoms with Crippen molar-refractivity contribution in [1.82, 2.24) is 0 Å². The molecule has 0 aliphatic heterocycles. The highest BCUT2D eigenvalue weighted by Gasteiger charge is 2.14. The second-order valence-electron chi connectivity index (χ2n) is 2.70. The van der Waals surface area contributed by atoms with Crippen LogP contribution in [0.3, 0.4) is 0 Å². The van der Waals surface area contributed by atoms with E-state index in [1.165, 1.54) is 6.16 Å². The Morgan fingerprint density at radius 1 is 1.29 bits per heavy atom. The van der Waals surface area contributed by atoms with Crippen LogP contribution in [0.4, 0.5) is 0 Å². The zero-order valence-electron chi connectivity index (χ0n) is 5.24. The Balaban J connectivity index is 3.15. The summed E-state index contributed by atoms with van der Waals surface area (Å²) in [5.41, 5.74) is 0. The molecule has 0 fully saturated rings. The summed E-state index contributed by atoms with van der Waals surface area (Å²) in [6.45, 7) is 6.90. The van der Waals surface area contributed by atoms with Crippen LogP contribution in [0.25, 0.3) is 0 Å². The van der Waals surface area contributed by atoms with Crippen molar-refractivity contribution < 1.29 is 0 Å². The highest BCUT2D eigenvalue weighted by molar-refractivity contribution is 7.73. The summed E-state index contributed by atoms with van der Waals surface area (Å²) in [5.74, 6) is 0.831. The lowest BCUT2D eigenvalue weighted by Crippen LogP contribution is -1.92. The van der Waals surface area contributed by atoms with Crippen LogP contribution in [0, 0.1) is 0 Å². The first-order valence-electron chi connectivity index (χ1n) is 2.43. The van der Waals surface area contributed by atoms with Gasteiger partial charge in [-0.15, -0.1) is 11.6 Å². The van der Waals surface area contributed by atoms with E-state index in [9.17, 15) is 0 Å². The highest BCUT2D eigenvalue weighted by atomic mass is 35.5. The molecule has 0 aromatic rings. The van der Waals surface area contributed by atoms with Gasteiger partial charge in [0.2, 0.25) is 0 Å². The van der Waals surface area contributed by atoms with E-state index in [4.69, 9.17) is 11.6 Å². The van der Waals surface area contributed by atoms with E-state index in [-0.39, 0.29) is 0 Å². The number of hydrogen-bond donors (Lipinski definition) is 0. The van der Waals surface area contributed by atoms with Gasteiger partial charge < -0.3 is 0 Å². The quantitative estimate of drug-likeness (QED) is 0.406. The molecular formula is C5H13ClP+. The fourth-order valence-corrected chi connectivity index (χ4v) is 2.28. The predicted octanol–water partition coefficient (Wildman–Crippen LogP) is 2.13. The lowest BCUT2D eigenvalue weighted by Gasteiger charge is -2.07. The van der Waals surface area contributed by atoms with E-state index in [0.717, 1.165) is 5.88 Å². The van der Waals surface area contributed by atoms with Crippen LogP contribution in [-0.2, 0) is 0 Å². The number of rotatable bonds is 2. The molecule has 0 spiro atoms. The Hall–Kier alpha value is 0.720. The zero-order chi connectivity index (χ0) is 5.91. The molecule has 0 heterocycles. The Bertz CT molecular complexity index is 46.5. The van der Waals surface area contributed by atoms with Gasteiger partial charge >= 0.3 is 0 Å². The molecule has 0 aromatic carbocycles. The molecule has 0 bridgehead atoms. The third-order valence-electron chi connectivity index (χ3n) is 0.755. The van der Waals surface area contributed by atoms with Crippen molar-refractivity contribution in [3.63, 3.8) is 0 Å². The lowest BCUT2D eigenvalue weighted by molar-refractivity contribution is 1.48. The third-order valence-corrected chi connectivity index (χ3v) is 2.77. The SMILES string of the molecule is C[P+](C)(C)CCCl. The van der Waals surface area contributed by atoms with Crippen LogP contribution < -0.4 is 0 Å². The summed E-state index contributed by atoms with van der Waals surface area (Å²) in [4.78, 5) is 0. The molecule has 0 N–H and O–H groups in total. The maximum atomic E-state index is 5.51. The molecule has 0 atom stereocenters. The van der Waals surface area contributed by atoms with Gasteiger partial charge in [0.25, 0.3) is 0 Å². The van der Waals surface area contributed by atoms with Crippen molar-refractivity contribution in [2.45, 2.75) is 0 Å². The van der Waals surface area contributed by atoms with E-state index >= 15 is 0 Å². The largest absolute Gasteiger partial charge is 0.123 e. The molecule has 0 unspecified atom stereocenters. The normalized spacial score (nSPS) is 12.0. The lowest BCUT2D eigenvalue weighted by atomic mass is 11.0. The van der Waals surface area contributed by atoms with E-state index in [1.54, 1.807) is 0 Å². The second-order valence-corrected chi connectivity index (χ2v) is 8.11. The first-order valence-corrected chi connectivity index (χ1v) is 6.28. The molecule has 0 radical (unpaired) electrons. The van der Waals surface area contributed by atoms with E-state index in [0.29, 0.717) is 0 Å². The third kappa shape index (κ3) is 6.72. The van der Waals surface area contributed by atoms with Crippen molar-refractivity contribution in [2.24, 2.45) is 0 Å². The van der Waals surface area contributed by atoms with Gasteiger partial charge in [0.15, 0.2) is 0 Å². The molecule has 0 aromatic heterocycles. The molecule has 44 valence electrons. The van der Waals surface area contributed by atoms with Gasteiger partial charge in [-0.2, -0.15) is 0 Å². The van der Waals surface area contributed by atoms with Gasteiger partial charge in [-0.25, -0.2) is 0 Å². The van der Waals surface area contributed by atoms with Crippen molar-refractivity contribution in [1.29, 1.82) is 0 Å². The molecule has 0 saturated carbocycles. The van der Waals surface area contributed by atoms with E-state index in [1.807, 2.05) is 0 Å². The molecule has 2 heteroatoms. The maximum Gasteiger partial charge on any atom is 0.0721 e. The Morgan fingerprint density at radius 2 is 1.71 bits per heavy atom. The topological polar surface area (TPSA) is 0 Å². The molecule has 0 saturated heterocycles. The number of hydrogen-bond acceptors (Lipinski definition) is 0. The van der Waals surface area contributed by atoms with Crippen molar-refractivity contribution in [3.8, 4) is 0 Å². The summed E-state index contributed by atoms with van der Waals surface area (Å²) in [6.07, 6.45) is 1.22. The number of alkyl halides is 1. The van der Waals surface area contributed by atoms with E-state index < -0.39 is 7.26 Å². The fraction of sp³-hybridized carbons (Fsp3) is 1.00. The minimum atomic E-state index is -0.548. The van der Waals surface area contributed by atoms with Gasteiger partial charge in [0, 0.05) is 27.3 Å². The highest BCUT2D eigenvalue weighted by Crippen LogP contribution is 2.45. The fourth-order valence-electron chi connectivity index (χ4n) is 0.254. The van der Waals surface area contributed by atoms with Gasteiger partial charge in [0.05, 0.1) is 12.0 Å². The first kappa shape index (κ1) is 7.72. The Morgan fingerprint density at radius 3 is 1.71 bits per heavy atom. The Labute approximate surface area is 51.6 Å². The average molecular weight is 140 g/mol. The first-order chi connectivity index (χ1) is 3.06. The standard InChI is InChI=1S/C5H13ClP/c1-7(2,3)5-4-6/h4-5H2,1-3H3/q+1. The summed E-state index contributed by atoms with van der Waals surface area (Å²) in [6, 6.07) is 0.